The number of rotatable bonds is 11. The number of amidine groups is 2. The Morgan fingerprint density at radius 1 is 0.391 bits per heavy atom. The summed E-state index contributed by atoms with van der Waals surface area (Å²) in [6, 6.07) is 118. The first kappa shape index (κ1) is 63.8. The van der Waals surface area contributed by atoms with E-state index < -0.39 is 5.41 Å². The predicted octanol–water partition coefficient (Wildman–Crippen LogP) is 24.6. The highest BCUT2D eigenvalue weighted by Gasteiger charge is 2.47. The van der Waals surface area contributed by atoms with Gasteiger partial charge < -0.3 is 30.3 Å². The van der Waals surface area contributed by atoms with E-state index in [1.165, 1.54) is 118 Å². The van der Waals surface area contributed by atoms with Gasteiger partial charge in [-0.15, -0.1) is 22.7 Å². The lowest BCUT2D eigenvalue weighted by Gasteiger charge is -2.33. The van der Waals surface area contributed by atoms with Crippen LogP contribution in [0.3, 0.4) is 0 Å². The molecule has 0 radical (unpaired) electrons. The number of allylic oxidation sites excluding steroid dienone is 2. The van der Waals surface area contributed by atoms with Crippen LogP contribution in [0.15, 0.2) is 350 Å². The van der Waals surface area contributed by atoms with E-state index in [1.54, 1.807) is 0 Å². The zero-order chi connectivity index (χ0) is 73.1. The molecule has 18 aromatic rings. The SMILES string of the molecule is CC1(C)c2cc3c4sc5ccccc5c4n(-c4ccc(C5=Nc6ccccc6C(=CC(=N)c6ccccc6)[N-]5)cc4)c3cc2-c2cccc(-c3ccc4c(c3)C(=CC(=N)c3ccccc3)[NH2+]C(c3ccc(-n5c6cc7c(cc6c6sc8ccccc8c65)C(c5ccccc5)(c5ccccc5)c5ccccc5-7)cc3)=N4)c21. The van der Waals surface area contributed by atoms with Gasteiger partial charge in [0, 0.05) is 53.8 Å². The second-order valence-electron chi connectivity index (χ2n) is 29.7. The number of benzene rings is 14. The summed E-state index contributed by atoms with van der Waals surface area (Å²) in [7, 11) is 0. The molecule has 0 amide bonds. The molecule has 0 saturated carbocycles. The zero-order valence-corrected chi connectivity index (χ0v) is 61.6. The van der Waals surface area contributed by atoms with Crippen LogP contribution in [-0.4, -0.2) is 32.2 Å². The van der Waals surface area contributed by atoms with Crippen molar-refractivity contribution in [3.05, 3.63) is 412 Å². The number of hydrogen-bond acceptors (Lipinski definition) is 6. The number of hydrogen-bond donors (Lipinski definition) is 3. The average molecular weight is 1440 g/mol. The maximum Gasteiger partial charge on any atom is 0.237 e. The highest BCUT2D eigenvalue weighted by Crippen LogP contribution is 2.60. The Bertz CT molecular complexity index is 7070. The first-order valence-corrected chi connectivity index (χ1v) is 39.0. The molecular formula is C100H66N8S2. The molecule has 0 bridgehead atoms. The van der Waals surface area contributed by atoms with Gasteiger partial charge in [-0.1, -0.05) is 262 Å². The van der Waals surface area contributed by atoms with Gasteiger partial charge in [0.25, 0.3) is 0 Å². The van der Waals surface area contributed by atoms with Crippen molar-refractivity contribution in [3.63, 3.8) is 0 Å². The molecule has 8 nitrogen and oxygen atoms in total. The van der Waals surface area contributed by atoms with Gasteiger partial charge in [0.2, 0.25) is 5.84 Å². The van der Waals surface area contributed by atoms with E-state index in [9.17, 15) is 5.41 Å². The fraction of sp³-hybridized carbons (Fsp3) is 0.0400. The topological polar surface area (TPSA) is 113 Å². The Labute approximate surface area is 643 Å². The summed E-state index contributed by atoms with van der Waals surface area (Å²) < 4.78 is 10.00. The molecule has 2 aliphatic carbocycles. The van der Waals surface area contributed by atoms with Crippen molar-refractivity contribution in [2.75, 3.05) is 0 Å². The van der Waals surface area contributed by atoms with E-state index in [-0.39, 0.29) is 5.41 Å². The number of thiophene rings is 2. The Morgan fingerprint density at radius 2 is 0.882 bits per heavy atom. The molecule has 4 N–H and O–H groups in total. The predicted molar refractivity (Wildman–Crippen MR) is 459 cm³/mol. The number of nitrogens with one attached hydrogen (secondary N) is 2. The van der Waals surface area contributed by atoms with Crippen molar-refractivity contribution < 1.29 is 5.32 Å². The lowest BCUT2D eigenvalue weighted by atomic mass is 9.67. The molecule has 518 valence electrons. The zero-order valence-electron chi connectivity index (χ0n) is 60.0. The quantitative estimate of drug-likeness (QED) is 0.107. The number of aromatic nitrogens is 2. The molecule has 0 spiro atoms. The first-order chi connectivity index (χ1) is 54.1. The van der Waals surface area contributed by atoms with Crippen molar-refractivity contribution in [2.45, 2.75) is 24.7 Å². The number of nitrogens with zero attached hydrogens (tertiary/aromatic N) is 5. The maximum absolute atomic E-state index is 9.67. The van der Waals surface area contributed by atoms with Crippen molar-refractivity contribution in [2.24, 2.45) is 9.98 Å². The van der Waals surface area contributed by atoms with E-state index in [0.717, 1.165) is 78.7 Å². The number of nitrogens with two attached hydrogens (primary N) is 1. The summed E-state index contributed by atoms with van der Waals surface area (Å²) in [6.07, 6.45) is 3.88. The molecule has 6 heterocycles. The van der Waals surface area contributed by atoms with E-state index in [2.05, 4.69) is 271 Å². The van der Waals surface area contributed by atoms with Gasteiger partial charge in [-0.05, 0) is 191 Å². The third kappa shape index (κ3) is 9.60. The third-order valence-corrected chi connectivity index (χ3v) is 25.6. The highest BCUT2D eigenvalue weighted by molar-refractivity contribution is 7.27. The van der Waals surface area contributed by atoms with Gasteiger partial charge >= 0.3 is 0 Å². The molecule has 10 heteroatoms. The standard InChI is InChI=1S/C100H65N8S2/c1-99(2)80-53-77-89(108(93-72-34-17-21-40-90(72)109-95(77)93)67-47-42-61(43-48-67)97-103-84-39-20-16-33-71(84)86(105-97)57-82(101)59-24-7-3-8-25-59)56-75(80)70-37-23-36-68(92(70)99)63-46-51-85-76(52-63)87(58-83(102)60-26-9-4-10-27-60)106-98(104-85)62-44-49-66(50-45-62)107-88-55-74-69-32-15-19-38-79(69)100(64-28-11-5-12-29-64,65-30-13-6-14-31-65)81(74)54-78(88)96-94(107)73-35-18-22-41-91(73)110-96/h3-58,101-102H,1-2H3,(H-,103,104,105,106)/q-1/p+1. The Morgan fingerprint density at radius 3 is 1.51 bits per heavy atom. The van der Waals surface area contributed by atoms with Crippen molar-refractivity contribution >= 4 is 131 Å². The Balaban J connectivity index is 0.641. The second-order valence-corrected chi connectivity index (χ2v) is 31.8. The van der Waals surface area contributed by atoms with Crippen LogP contribution in [0.1, 0.15) is 80.6 Å². The average Bonchev–Trinajstić information content (AvgIpc) is 1.51. The summed E-state index contributed by atoms with van der Waals surface area (Å²) in [4.78, 5) is 10.6. The van der Waals surface area contributed by atoms with Crippen LogP contribution in [0.4, 0.5) is 11.4 Å². The highest BCUT2D eigenvalue weighted by atomic mass is 32.1. The van der Waals surface area contributed by atoms with Crippen molar-refractivity contribution in [1.82, 2.24) is 9.13 Å². The number of para-hydroxylation sites is 1. The fourth-order valence-electron chi connectivity index (χ4n) is 18.3. The van der Waals surface area contributed by atoms with Crippen LogP contribution in [0.5, 0.6) is 0 Å². The minimum atomic E-state index is -0.526. The lowest BCUT2D eigenvalue weighted by molar-refractivity contribution is -0.433. The summed E-state index contributed by atoms with van der Waals surface area (Å²) in [5.74, 6) is 1.44. The Kier molecular flexibility index (Phi) is 14.2. The van der Waals surface area contributed by atoms with Gasteiger partial charge in [-0.3, -0.25) is 5.32 Å². The molecule has 14 aromatic carbocycles. The van der Waals surface area contributed by atoms with E-state index in [0.29, 0.717) is 23.0 Å². The molecular weight excluding hydrogens is 1380 g/mol. The van der Waals surface area contributed by atoms with Crippen LogP contribution in [0.25, 0.3) is 124 Å². The molecule has 2 aliphatic heterocycles. The minimum absolute atomic E-state index is 0.386. The van der Waals surface area contributed by atoms with Gasteiger partial charge in [-0.25, -0.2) is 0 Å². The molecule has 110 heavy (non-hydrogen) atoms. The Hall–Kier alpha value is -13.5. The third-order valence-electron chi connectivity index (χ3n) is 23.3. The molecule has 0 unspecified atom stereocenters. The van der Waals surface area contributed by atoms with E-state index in [4.69, 9.17) is 20.7 Å². The van der Waals surface area contributed by atoms with Gasteiger partial charge in [-0.2, -0.15) is 4.99 Å². The lowest BCUT2D eigenvalue weighted by Crippen LogP contribution is -2.86. The second kappa shape index (κ2) is 24.5. The number of aliphatic imine (C=N–C) groups is 2. The smallest absolute Gasteiger partial charge is 0.237 e. The summed E-state index contributed by atoms with van der Waals surface area (Å²) in [6.45, 7) is 4.79. The largest absolute Gasteiger partial charge is 0.435 e. The summed E-state index contributed by atoms with van der Waals surface area (Å²) in [5, 5.41) is 31.0. The van der Waals surface area contributed by atoms with E-state index >= 15 is 0 Å². The molecule has 4 aliphatic rings. The molecule has 22 rings (SSSR count). The fourth-order valence-corrected chi connectivity index (χ4v) is 20.7. The van der Waals surface area contributed by atoms with Crippen LogP contribution < -0.4 is 5.32 Å². The first-order valence-electron chi connectivity index (χ1n) is 37.4. The van der Waals surface area contributed by atoms with Crippen LogP contribution in [-0.2, 0) is 10.8 Å². The van der Waals surface area contributed by atoms with Gasteiger partial charge in [0.1, 0.15) is 5.70 Å². The van der Waals surface area contributed by atoms with Gasteiger partial charge in [0.05, 0.1) is 65.1 Å². The normalized spacial score (nSPS) is 15.0. The van der Waals surface area contributed by atoms with Crippen LogP contribution in [0.2, 0.25) is 0 Å². The number of fused-ring (bicyclic) bond motifs is 18. The summed E-state index contributed by atoms with van der Waals surface area (Å²) in [5.41, 5.74) is 30.4. The van der Waals surface area contributed by atoms with Crippen molar-refractivity contribution in [1.29, 1.82) is 10.8 Å². The number of quaternary nitrogens is 1. The molecule has 4 aromatic heterocycles. The molecule has 0 saturated heterocycles. The monoisotopic (exact) mass is 1440 g/mol. The van der Waals surface area contributed by atoms with Crippen LogP contribution >= 0.6 is 22.7 Å². The summed E-state index contributed by atoms with van der Waals surface area (Å²) >= 11 is 3.74. The molecule has 0 fully saturated rings. The minimum Gasteiger partial charge on any atom is -0.435 e. The molecule has 0 atom stereocenters. The maximum atomic E-state index is 9.67. The van der Waals surface area contributed by atoms with Crippen molar-refractivity contribution in [3.8, 4) is 44.8 Å². The van der Waals surface area contributed by atoms with Crippen LogP contribution in [0, 0.1) is 10.8 Å². The van der Waals surface area contributed by atoms with E-state index in [1.807, 2.05) is 120 Å². The van der Waals surface area contributed by atoms with Gasteiger partial charge in [0.15, 0.2) is 0 Å².